The van der Waals surface area contributed by atoms with Gasteiger partial charge in [-0.15, -0.1) is 4.83 Å². The number of nitrogens with zero attached hydrogens (tertiary/aromatic N) is 3. The second-order valence-electron chi connectivity index (χ2n) is 6.41. The Hall–Kier alpha value is -3.97. The number of anilines is 3. The molecule has 2 aromatic carbocycles. The van der Waals surface area contributed by atoms with Crippen molar-refractivity contribution in [2.75, 3.05) is 25.0 Å². The molecule has 0 unspecified atom stereocenters. The van der Waals surface area contributed by atoms with Crippen molar-refractivity contribution < 1.29 is 22.8 Å². The highest BCUT2D eigenvalue weighted by Crippen LogP contribution is 2.35. The van der Waals surface area contributed by atoms with E-state index in [-0.39, 0.29) is 16.5 Å². The Morgan fingerprint density at radius 2 is 1.69 bits per heavy atom. The first kappa shape index (κ1) is 22.7. The lowest BCUT2D eigenvalue weighted by Gasteiger charge is -2.13. The summed E-state index contributed by atoms with van der Waals surface area (Å²) < 4.78 is 35.4. The number of sulfonamides is 1. The highest BCUT2D eigenvalue weighted by Gasteiger charge is 2.25. The van der Waals surface area contributed by atoms with Gasteiger partial charge in [0.15, 0.2) is 0 Å². The van der Waals surface area contributed by atoms with E-state index in [1.54, 1.807) is 30.3 Å². The summed E-state index contributed by atoms with van der Waals surface area (Å²) in [5.41, 5.74) is 2.99. The predicted octanol–water partition coefficient (Wildman–Crippen LogP) is 2.76. The molecule has 3 N–H and O–H groups in total. The van der Waals surface area contributed by atoms with Crippen LogP contribution >= 0.6 is 0 Å². The molecule has 1 heterocycles. The lowest BCUT2D eigenvalue weighted by atomic mass is 10.2. The summed E-state index contributed by atoms with van der Waals surface area (Å²) in [5, 5.41) is 14.5. The van der Waals surface area contributed by atoms with Crippen LogP contribution in [0.2, 0.25) is 0 Å². The lowest BCUT2D eigenvalue weighted by molar-refractivity contribution is -0.383. The molecule has 0 spiro atoms. The van der Waals surface area contributed by atoms with Crippen LogP contribution in [0.3, 0.4) is 0 Å². The zero-order valence-electron chi connectivity index (χ0n) is 17.3. The lowest BCUT2D eigenvalue weighted by Crippen LogP contribution is -2.30. The Morgan fingerprint density at radius 3 is 2.31 bits per heavy atom. The first-order chi connectivity index (χ1) is 15.2. The van der Waals surface area contributed by atoms with E-state index < -0.39 is 20.6 Å². The van der Waals surface area contributed by atoms with Gasteiger partial charge in [-0.25, -0.2) is 18.4 Å². The largest absolute Gasteiger partial charge is 0.497 e. The molecule has 3 rings (SSSR count). The minimum Gasteiger partial charge on any atom is -0.497 e. The Labute approximate surface area is 183 Å². The molecule has 0 atom stereocenters. The number of hydrazine groups is 1. The van der Waals surface area contributed by atoms with E-state index in [2.05, 4.69) is 25.5 Å². The van der Waals surface area contributed by atoms with Crippen molar-refractivity contribution >= 4 is 33.0 Å². The van der Waals surface area contributed by atoms with Gasteiger partial charge in [-0.3, -0.25) is 15.5 Å². The van der Waals surface area contributed by atoms with Crippen molar-refractivity contribution in [1.82, 2.24) is 14.8 Å². The summed E-state index contributed by atoms with van der Waals surface area (Å²) in [4.78, 5) is 20.8. The summed E-state index contributed by atoms with van der Waals surface area (Å²) in [6.07, 6.45) is 1.05. The minimum absolute atomic E-state index is 0.0198. The van der Waals surface area contributed by atoms with Crippen molar-refractivity contribution in [3.63, 3.8) is 0 Å². The van der Waals surface area contributed by atoms with Crippen LogP contribution in [-0.2, 0) is 10.0 Å². The smallest absolute Gasteiger partial charge is 0.354 e. The van der Waals surface area contributed by atoms with E-state index in [1.165, 1.54) is 26.4 Å². The van der Waals surface area contributed by atoms with Crippen LogP contribution < -0.4 is 25.0 Å². The molecule has 0 fully saturated rings. The van der Waals surface area contributed by atoms with E-state index in [9.17, 15) is 18.5 Å². The standard InChI is InChI=1S/C19H20N6O6S/c1-12-4-7-14(8-5-12)32(28,29)24-23-19-17(25(26)27)18(20-11-21-19)22-15-9-6-13(30-2)10-16(15)31-3/h4-11,24H,1-3H3,(H2,20,21,22,23). The third-order valence-electron chi connectivity index (χ3n) is 4.30. The number of nitro groups is 1. The average Bonchev–Trinajstić information content (AvgIpc) is 2.78. The van der Waals surface area contributed by atoms with Crippen molar-refractivity contribution in [3.05, 3.63) is 64.5 Å². The van der Waals surface area contributed by atoms with Crippen LogP contribution in [0.4, 0.5) is 23.0 Å². The van der Waals surface area contributed by atoms with Crippen LogP contribution in [-0.4, -0.2) is 37.5 Å². The third kappa shape index (κ3) is 5.01. The van der Waals surface area contributed by atoms with E-state index >= 15 is 0 Å². The molecule has 168 valence electrons. The molecule has 0 saturated carbocycles. The number of ether oxygens (including phenoxy) is 2. The maximum absolute atomic E-state index is 12.5. The van der Waals surface area contributed by atoms with Crippen molar-refractivity contribution in [2.45, 2.75) is 11.8 Å². The molecule has 13 heteroatoms. The Balaban J connectivity index is 1.90. The van der Waals surface area contributed by atoms with Crippen LogP contribution in [0.15, 0.2) is 53.7 Å². The Kier molecular flexibility index (Phi) is 6.70. The van der Waals surface area contributed by atoms with Gasteiger partial charge in [0.1, 0.15) is 17.8 Å². The molecule has 3 aromatic rings. The number of methoxy groups -OCH3 is 2. The van der Waals surface area contributed by atoms with Crippen molar-refractivity contribution in [3.8, 4) is 11.5 Å². The molecule has 0 aliphatic heterocycles. The Morgan fingerprint density at radius 1 is 1.00 bits per heavy atom. The van der Waals surface area contributed by atoms with Gasteiger partial charge in [0.25, 0.3) is 10.0 Å². The SMILES string of the molecule is COc1ccc(Nc2ncnc(NNS(=O)(=O)c3ccc(C)cc3)c2[N+](=O)[O-])c(OC)c1. The highest BCUT2D eigenvalue weighted by atomic mass is 32.2. The molecular formula is C19H20N6O6S. The average molecular weight is 460 g/mol. The van der Waals surface area contributed by atoms with Crippen LogP contribution in [0.25, 0.3) is 0 Å². The third-order valence-corrected chi connectivity index (χ3v) is 5.57. The first-order valence-electron chi connectivity index (χ1n) is 9.08. The molecule has 0 bridgehead atoms. The van der Waals surface area contributed by atoms with E-state index in [4.69, 9.17) is 9.47 Å². The second kappa shape index (κ2) is 9.45. The summed E-state index contributed by atoms with van der Waals surface area (Å²) in [6, 6.07) is 10.9. The molecular weight excluding hydrogens is 440 g/mol. The summed E-state index contributed by atoms with van der Waals surface area (Å²) in [7, 11) is -1.08. The van der Waals surface area contributed by atoms with Crippen molar-refractivity contribution in [1.29, 1.82) is 0 Å². The topological polar surface area (TPSA) is 158 Å². The van der Waals surface area contributed by atoms with Gasteiger partial charge in [0, 0.05) is 6.07 Å². The van der Waals surface area contributed by atoms with E-state index in [0.29, 0.717) is 17.2 Å². The number of hydrogen-bond donors (Lipinski definition) is 3. The first-order valence-corrected chi connectivity index (χ1v) is 10.6. The summed E-state index contributed by atoms with van der Waals surface area (Å²) in [6.45, 7) is 1.82. The number of hydrogen-bond acceptors (Lipinski definition) is 10. The zero-order valence-corrected chi connectivity index (χ0v) is 18.1. The molecule has 0 aliphatic rings. The molecule has 0 aliphatic carbocycles. The molecule has 0 amide bonds. The second-order valence-corrected chi connectivity index (χ2v) is 8.09. The van der Waals surface area contributed by atoms with Crippen LogP contribution in [0, 0.1) is 17.0 Å². The number of aryl methyl sites for hydroxylation is 1. The molecule has 0 radical (unpaired) electrons. The maximum atomic E-state index is 12.5. The van der Waals surface area contributed by atoms with Crippen LogP contribution in [0.1, 0.15) is 5.56 Å². The predicted molar refractivity (Wildman–Crippen MR) is 117 cm³/mol. The zero-order chi connectivity index (χ0) is 23.3. The highest BCUT2D eigenvalue weighted by molar-refractivity contribution is 7.89. The van der Waals surface area contributed by atoms with Crippen molar-refractivity contribution in [2.24, 2.45) is 0 Å². The number of nitrogens with one attached hydrogen (secondary N) is 3. The van der Waals surface area contributed by atoms with Gasteiger partial charge >= 0.3 is 5.69 Å². The monoisotopic (exact) mass is 460 g/mol. The summed E-state index contributed by atoms with van der Waals surface area (Å²) in [5.74, 6) is 0.352. The number of aromatic nitrogens is 2. The molecule has 12 nitrogen and oxygen atoms in total. The fraction of sp³-hybridized carbons (Fsp3) is 0.158. The Bertz CT molecular complexity index is 1230. The fourth-order valence-electron chi connectivity index (χ4n) is 2.66. The van der Waals surface area contributed by atoms with Gasteiger partial charge < -0.3 is 14.8 Å². The molecule has 32 heavy (non-hydrogen) atoms. The normalized spacial score (nSPS) is 11.0. The minimum atomic E-state index is -4.01. The molecule has 0 saturated heterocycles. The van der Waals surface area contributed by atoms with E-state index in [1.807, 2.05) is 6.92 Å². The van der Waals surface area contributed by atoms with E-state index in [0.717, 1.165) is 11.9 Å². The van der Waals surface area contributed by atoms with Crippen LogP contribution in [0.5, 0.6) is 11.5 Å². The van der Waals surface area contributed by atoms with Gasteiger partial charge in [0.05, 0.1) is 29.7 Å². The van der Waals surface area contributed by atoms with Gasteiger partial charge in [-0.05, 0) is 31.2 Å². The molecule has 1 aromatic heterocycles. The van der Waals surface area contributed by atoms with Gasteiger partial charge in [-0.2, -0.15) is 0 Å². The summed E-state index contributed by atoms with van der Waals surface area (Å²) >= 11 is 0. The van der Waals surface area contributed by atoms with Gasteiger partial charge in [-0.1, -0.05) is 17.7 Å². The fourth-order valence-corrected chi connectivity index (χ4v) is 3.50. The quantitative estimate of drug-likeness (QED) is 0.320. The number of benzene rings is 2. The maximum Gasteiger partial charge on any atom is 0.354 e. The number of rotatable bonds is 9. The van der Waals surface area contributed by atoms with Gasteiger partial charge in [0.2, 0.25) is 11.6 Å².